The van der Waals surface area contributed by atoms with Crippen molar-refractivity contribution in [2.75, 3.05) is 5.73 Å². The summed E-state index contributed by atoms with van der Waals surface area (Å²) in [5, 5.41) is 3.85. The van der Waals surface area contributed by atoms with E-state index < -0.39 is 17.4 Å². The quantitative estimate of drug-likeness (QED) is 0.917. The summed E-state index contributed by atoms with van der Waals surface area (Å²) >= 11 is 0. The molecule has 2 aromatic rings. The fourth-order valence-electron chi connectivity index (χ4n) is 1.70. The molecule has 2 rings (SSSR count). The first-order chi connectivity index (χ1) is 8.88. The van der Waals surface area contributed by atoms with Crippen molar-refractivity contribution in [1.29, 1.82) is 0 Å². The highest BCUT2D eigenvalue weighted by Crippen LogP contribution is 2.28. The maximum Gasteiger partial charge on any atom is 0.431 e. The Balaban J connectivity index is 2.27. The Morgan fingerprint density at radius 3 is 2.53 bits per heavy atom. The molecule has 0 aromatic carbocycles. The van der Waals surface area contributed by atoms with Crippen molar-refractivity contribution >= 4 is 5.82 Å². The minimum Gasteiger partial charge on any atom is -0.382 e. The van der Waals surface area contributed by atoms with Crippen LogP contribution in [0, 0.1) is 0 Å². The number of nitrogens with two attached hydrogens (primary N) is 1. The maximum absolute atomic E-state index is 12.8. The summed E-state index contributed by atoms with van der Waals surface area (Å²) < 4.78 is 40.3. The summed E-state index contributed by atoms with van der Waals surface area (Å²) in [5.74, 6) is 0.274. The largest absolute Gasteiger partial charge is 0.431 e. The number of nitrogens with zero attached hydrogens (tertiary/aromatic N) is 3. The summed E-state index contributed by atoms with van der Waals surface area (Å²) in [6, 6.07) is 4.58. The van der Waals surface area contributed by atoms with Crippen LogP contribution in [0.2, 0.25) is 0 Å². The van der Waals surface area contributed by atoms with Gasteiger partial charge in [0.25, 0.3) is 5.56 Å². The monoisotopic (exact) mass is 272 g/mol. The number of nitrogen functional groups attached to an aromatic ring is 1. The summed E-state index contributed by atoms with van der Waals surface area (Å²) in [6.45, 7) is -0.000162. The van der Waals surface area contributed by atoms with E-state index in [0.29, 0.717) is 4.57 Å². The van der Waals surface area contributed by atoms with Gasteiger partial charge in [0.05, 0.1) is 6.54 Å². The molecule has 0 amide bonds. The zero-order valence-corrected chi connectivity index (χ0v) is 9.76. The molecule has 2 N–H and O–H groups in total. The lowest BCUT2D eigenvalue weighted by atomic mass is 10.3. The van der Waals surface area contributed by atoms with Crippen LogP contribution in [0.5, 0.6) is 0 Å². The third-order valence-corrected chi connectivity index (χ3v) is 2.55. The molecule has 0 aliphatic rings. The third kappa shape index (κ3) is 2.95. The van der Waals surface area contributed by atoms with Gasteiger partial charge in [-0.2, -0.15) is 18.3 Å². The van der Waals surface area contributed by atoms with Crippen LogP contribution in [0.25, 0.3) is 0 Å². The highest BCUT2D eigenvalue weighted by molar-refractivity contribution is 5.23. The molecule has 0 saturated carbocycles. The van der Waals surface area contributed by atoms with Gasteiger partial charge in [0.1, 0.15) is 11.5 Å². The van der Waals surface area contributed by atoms with E-state index in [-0.39, 0.29) is 18.9 Å². The molecule has 19 heavy (non-hydrogen) atoms. The lowest BCUT2D eigenvalue weighted by molar-refractivity contribution is -0.144. The maximum atomic E-state index is 12.8. The Kier molecular flexibility index (Phi) is 3.32. The van der Waals surface area contributed by atoms with Crippen LogP contribution in [0.4, 0.5) is 19.0 Å². The molecule has 0 fully saturated rings. The highest BCUT2D eigenvalue weighted by Gasteiger charge is 2.33. The van der Waals surface area contributed by atoms with Crippen LogP contribution in [0.1, 0.15) is 5.69 Å². The van der Waals surface area contributed by atoms with E-state index in [4.69, 9.17) is 5.73 Å². The Hall–Kier alpha value is -2.25. The molecule has 102 valence electrons. The lowest BCUT2D eigenvalue weighted by Crippen LogP contribution is -2.28. The van der Waals surface area contributed by atoms with Crippen molar-refractivity contribution in [3.05, 3.63) is 46.5 Å². The van der Waals surface area contributed by atoms with Crippen molar-refractivity contribution in [2.24, 2.45) is 0 Å². The van der Waals surface area contributed by atoms with Crippen molar-refractivity contribution in [3.8, 4) is 0 Å². The number of aromatic nitrogens is 3. The van der Waals surface area contributed by atoms with Gasteiger partial charge in [-0.25, -0.2) is 0 Å². The van der Waals surface area contributed by atoms with Crippen molar-refractivity contribution in [3.63, 3.8) is 0 Å². The molecule has 8 heteroatoms. The van der Waals surface area contributed by atoms with Crippen molar-refractivity contribution in [2.45, 2.75) is 19.3 Å². The number of halogens is 3. The zero-order valence-electron chi connectivity index (χ0n) is 9.76. The molecule has 2 heterocycles. The van der Waals surface area contributed by atoms with E-state index >= 15 is 0 Å². The molecule has 0 spiro atoms. The van der Waals surface area contributed by atoms with Crippen molar-refractivity contribution in [1.82, 2.24) is 14.3 Å². The number of pyridine rings is 1. The van der Waals surface area contributed by atoms with Gasteiger partial charge in [-0.15, -0.1) is 0 Å². The molecular formula is C11H11F3N4O. The summed E-state index contributed by atoms with van der Waals surface area (Å²) in [7, 11) is 0. The lowest BCUT2D eigenvalue weighted by Gasteiger charge is -2.14. The van der Waals surface area contributed by atoms with E-state index in [0.717, 1.165) is 18.2 Å². The molecule has 0 saturated heterocycles. The minimum atomic E-state index is -4.57. The third-order valence-electron chi connectivity index (χ3n) is 2.55. The van der Waals surface area contributed by atoms with Crippen LogP contribution in [-0.2, 0) is 19.3 Å². The van der Waals surface area contributed by atoms with E-state index in [9.17, 15) is 18.0 Å². The van der Waals surface area contributed by atoms with Gasteiger partial charge >= 0.3 is 6.18 Å². The molecule has 0 radical (unpaired) electrons. The molecule has 0 bridgehead atoms. The Morgan fingerprint density at radius 2 is 1.95 bits per heavy atom. The van der Waals surface area contributed by atoms with Gasteiger partial charge in [0, 0.05) is 18.8 Å². The second kappa shape index (κ2) is 4.79. The fraction of sp³-hybridized carbons (Fsp3) is 0.273. The van der Waals surface area contributed by atoms with Crippen LogP contribution >= 0.6 is 0 Å². The number of hydrogen-bond acceptors (Lipinski definition) is 3. The van der Waals surface area contributed by atoms with E-state index in [1.807, 2.05) is 0 Å². The second-order valence-corrected chi connectivity index (χ2v) is 3.90. The number of aryl methyl sites for hydroxylation is 1. The standard InChI is InChI=1S/C11H11F3N4O/c12-11(13,14)8-2-1-3-10(19)18(8)7-6-17-5-4-9(15)16-17/h1-5H,6-7H2,(H2,15,16). The topological polar surface area (TPSA) is 65.8 Å². The van der Waals surface area contributed by atoms with Gasteiger partial charge < -0.3 is 10.3 Å². The number of rotatable bonds is 3. The highest BCUT2D eigenvalue weighted by atomic mass is 19.4. The Bertz CT molecular complexity index is 629. The second-order valence-electron chi connectivity index (χ2n) is 3.90. The number of alkyl halides is 3. The predicted molar refractivity (Wildman–Crippen MR) is 62.3 cm³/mol. The zero-order chi connectivity index (χ0) is 14.0. The van der Waals surface area contributed by atoms with Gasteiger partial charge in [-0.1, -0.05) is 6.07 Å². The number of hydrogen-bond donors (Lipinski definition) is 1. The average Bonchev–Trinajstić information content (AvgIpc) is 2.72. The predicted octanol–water partition coefficient (Wildman–Crippen LogP) is 1.35. The number of anilines is 1. The van der Waals surface area contributed by atoms with E-state index in [2.05, 4.69) is 5.10 Å². The first-order valence-electron chi connectivity index (χ1n) is 5.44. The molecule has 0 aliphatic carbocycles. The molecule has 0 atom stereocenters. The first kappa shape index (κ1) is 13.2. The van der Waals surface area contributed by atoms with E-state index in [1.54, 1.807) is 0 Å². The van der Waals surface area contributed by atoms with E-state index in [1.165, 1.54) is 16.9 Å². The molecule has 0 aliphatic heterocycles. The average molecular weight is 272 g/mol. The minimum absolute atomic E-state index is 0.129. The Labute approximate surface area is 106 Å². The van der Waals surface area contributed by atoms with Crippen LogP contribution < -0.4 is 11.3 Å². The Morgan fingerprint density at radius 1 is 1.21 bits per heavy atom. The SMILES string of the molecule is Nc1ccn(CCn2c(C(F)(F)F)cccc2=O)n1. The van der Waals surface area contributed by atoms with Gasteiger partial charge in [0.2, 0.25) is 0 Å². The van der Waals surface area contributed by atoms with Crippen molar-refractivity contribution < 1.29 is 13.2 Å². The van der Waals surface area contributed by atoms with Gasteiger partial charge in [0.15, 0.2) is 0 Å². The molecule has 2 aromatic heterocycles. The molecular weight excluding hydrogens is 261 g/mol. The smallest absolute Gasteiger partial charge is 0.382 e. The van der Waals surface area contributed by atoms with Gasteiger partial charge in [-0.3, -0.25) is 9.48 Å². The molecule has 0 unspecified atom stereocenters. The van der Waals surface area contributed by atoms with Crippen LogP contribution in [-0.4, -0.2) is 14.3 Å². The normalized spacial score (nSPS) is 11.7. The van der Waals surface area contributed by atoms with Crippen LogP contribution in [0.15, 0.2) is 35.3 Å². The summed E-state index contributed by atoms with van der Waals surface area (Å²) in [4.78, 5) is 11.5. The summed E-state index contributed by atoms with van der Waals surface area (Å²) in [5.41, 5.74) is 3.72. The first-order valence-corrected chi connectivity index (χ1v) is 5.44. The molecule has 5 nitrogen and oxygen atoms in total. The van der Waals surface area contributed by atoms with Gasteiger partial charge in [-0.05, 0) is 12.1 Å². The summed E-state index contributed by atoms with van der Waals surface area (Å²) in [6.07, 6.45) is -3.03. The van der Waals surface area contributed by atoms with Crippen LogP contribution in [0.3, 0.4) is 0 Å². The fourth-order valence-corrected chi connectivity index (χ4v) is 1.70.